The third kappa shape index (κ3) is 5.85. The number of rotatable bonds is 9. The van der Waals surface area contributed by atoms with Gasteiger partial charge in [0.1, 0.15) is 0 Å². The minimum Gasteiger partial charge on any atom is -0.354 e. The number of aromatic nitrogens is 2. The Morgan fingerprint density at radius 2 is 1.81 bits per heavy atom. The standard InChI is InChI=1S/C34H36N6O2/c1-3-29(24-11-5-4-6-12-24)37-33(41)25-14-15-30-28(19-25)31(34(42)38-30)32(26-20-35-39(2)22-26)36-27-13-9-10-23(18-27)21-40-16-7-8-17-40/h4-6,9-15,18-20,22,29,36H,3,7-8,16-17,21H2,1-2H3,(H,37,41)(H,38,42)/t29-/m1/s1. The molecule has 8 heteroatoms. The highest BCUT2D eigenvalue weighted by Crippen LogP contribution is 2.38. The summed E-state index contributed by atoms with van der Waals surface area (Å²) in [6.45, 7) is 5.20. The predicted octanol–water partition coefficient (Wildman–Crippen LogP) is 5.83. The number of nitrogens with zero attached hydrogens (tertiary/aromatic N) is 3. The van der Waals surface area contributed by atoms with E-state index in [0.717, 1.165) is 42.9 Å². The molecule has 0 unspecified atom stereocenters. The van der Waals surface area contributed by atoms with Crippen LogP contribution in [0.5, 0.6) is 0 Å². The zero-order chi connectivity index (χ0) is 29.1. The smallest absolute Gasteiger partial charge is 0.258 e. The van der Waals surface area contributed by atoms with Crippen molar-refractivity contribution in [2.45, 2.75) is 38.8 Å². The molecule has 3 aromatic carbocycles. The van der Waals surface area contributed by atoms with E-state index in [0.29, 0.717) is 28.1 Å². The Kier molecular flexibility index (Phi) is 7.88. The molecule has 0 aliphatic carbocycles. The lowest BCUT2D eigenvalue weighted by atomic mass is 9.98. The molecular weight excluding hydrogens is 524 g/mol. The zero-order valence-corrected chi connectivity index (χ0v) is 24.1. The van der Waals surface area contributed by atoms with Crippen molar-refractivity contribution < 1.29 is 9.59 Å². The number of carbonyl (C=O) groups excluding carboxylic acids is 2. The van der Waals surface area contributed by atoms with Crippen molar-refractivity contribution in [3.63, 3.8) is 0 Å². The van der Waals surface area contributed by atoms with Crippen LogP contribution in [0.2, 0.25) is 0 Å². The van der Waals surface area contributed by atoms with Crippen LogP contribution in [0, 0.1) is 0 Å². The first kappa shape index (κ1) is 27.5. The van der Waals surface area contributed by atoms with Gasteiger partial charge in [0.15, 0.2) is 0 Å². The predicted molar refractivity (Wildman–Crippen MR) is 167 cm³/mol. The molecule has 0 saturated carbocycles. The van der Waals surface area contributed by atoms with Crippen LogP contribution >= 0.6 is 0 Å². The van der Waals surface area contributed by atoms with Gasteiger partial charge in [-0.3, -0.25) is 19.2 Å². The molecule has 8 nitrogen and oxygen atoms in total. The molecule has 42 heavy (non-hydrogen) atoms. The molecule has 0 bridgehead atoms. The van der Waals surface area contributed by atoms with Gasteiger partial charge < -0.3 is 16.0 Å². The van der Waals surface area contributed by atoms with E-state index in [-0.39, 0.29) is 17.9 Å². The van der Waals surface area contributed by atoms with E-state index in [4.69, 9.17) is 0 Å². The lowest BCUT2D eigenvalue weighted by Crippen LogP contribution is -2.28. The number of aryl methyl sites for hydroxylation is 1. The zero-order valence-electron chi connectivity index (χ0n) is 24.1. The SMILES string of the molecule is CC[C@@H](NC(=O)c1ccc2c(c1)C(=C(Nc1cccc(CN3CCCC3)c1)c1cnn(C)c1)C(=O)N2)c1ccccc1. The van der Waals surface area contributed by atoms with Crippen LogP contribution < -0.4 is 16.0 Å². The number of hydrogen-bond donors (Lipinski definition) is 3. The maximum Gasteiger partial charge on any atom is 0.258 e. The van der Waals surface area contributed by atoms with E-state index in [2.05, 4.69) is 45.0 Å². The van der Waals surface area contributed by atoms with Crippen LogP contribution in [-0.4, -0.2) is 39.6 Å². The highest BCUT2D eigenvalue weighted by Gasteiger charge is 2.30. The molecule has 3 heterocycles. The molecule has 0 radical (unpaired) electrons. The van der Waals surface area contributed by atoms with Crippen LogP contribution in [0.3, 0.4) is 0 Å². The molecule has 1 fully saturated rings. The maximum atomic E-state index is 13.5. The van der Waals surface area contributed by atoms with E-state index in [1.807, 2.05) is 55.7 Å². The Morgan fingerprint density at radius 3 is 2.55 bits per heavy atom. The van der Waals surface area contributed by atoms with Gasteiger partial charge in [0, 0.05) is 47.9 Å². The van der Waals surface area contributed by atoms with Crippen LogP contribution in [0.25, 0.3) is 11.3 Å². The fraction of sp³-hybridized carbons (Fsp3) is 0.265. The van der Waals surface area contributed by atoms with Crippen molar-refractivity contribution in [1.29, 1.82) is 0 Å². The van der Waals surface area contributed by atoms with Crippen LogP contribution in [0.15, 0.2) is 85.2 Å². The highest BCUT2D eigenvalue weighted by atomic mass is 16.2. The normalized spacial score (nSPS) is 16.6. The second-order valence-electron chi connectivity index (χ2n) is 11.0. The largest absolute Gasteiger partial charge is 0.354 e. The molecule has 214 valence electrons. The van der Waals surface area contributed by atoms with Crippen molar-refractivity contribution in [2.75, 3.05) is 23.7 Å². The second kappa shape index (κ2) is 12.0. The average molecular weight is 561 g/mol. The monoisotopic (exact) mass is 560 g/mol. The third-order valence-corrected chi connectivity index (χ3v) is 7.99. The average Bonchev–Trinajstić information content (AvgIpc) is 3.75. The molecule has 1 aromatic heterocycles. The summed E-state index contributed by atoms with van der Waals surface area (Å²) in [6, 6.07) is 23.5. The van der Waals surface area contributed by atoms with Gasteiger partial charge >= 0.3 is 0 Å². The maximum absolute atomic E-state index is 13.5. The Morgan fingerprint density at radius 1 is 1.00 bits per heavy atom. The fourth-order valence-corrected chi connectivity index (χ4v) is 5.82. The summed E-state index contributed by atoms with van der Waals surface area (Å²) in [6.07, 6.45) is 6.88. The molecule has 3 N–H and O–H groups in total. The van der Waals surface area contributed by atoms with Gasteiger partial charge in [-0.05, 0) is 73.8 Å². The second-order valence-corrected chi connectivity index (χ2v) is 11.0. The first-order chi connectivity index (χ1) is 20.5. The number of carbonyl (C=O) groups is 2. The summed E-state index contributed by atoms with van der Waals surface area (Å²) in [4.78, 5) is 29.4. The van der Waals surface area contributed by atoms with Gasteiger partial charge in [0.25, 0.3) is 11.8 Å². The minimum atomic E-state index is -0.224. The summed E-state index contributed by atoms with van der Waals surface area (Å²) in [5, 5.41) is 14.1. The quantitative estimate of drug-likeness (QED) is 0.224. The van der Waals surface area contributed by atoms with Crippen molar-refractivity contribution in [3.05, 3.63) is 113 Å². The van der Waals surface area contributed by atoms with Gasteiger partial charge in [0.2, 0.25) is 0 Å². The number of nitrogens with one attached hydrogen (secondary N) is 3. The number of hydrogen-bond acceptors (Lipinski definition) is 5. The van der Waals surface area contributed by atoms with Gasteiger partial charge in [-0.25, -0.2) is 0 Å². The summed E-state index contributed by atoms with van der Waals surface area (Å²) in [5.41, 5.74) is 6.92. The van der Waals surface area contributed by atoms with Crippen molar-refractivity contribution in [1.82, 2.24) is 20.0 Å². The van der Waals surface area contributed by atoms with Gasteiger partial charge in [-0.1, -0.05) is 49.4 Å². The van der Waals surface area contributed by atoms with Crippen molar-refractivity contribution in [2.24, 2.45) is 7.05 Å². The number of fused-ring (bicyclic) bond motifs is 1. The fourth-order valence-electron chi connectivity index (χ4n) is 5.82. The van der Waals surface area contributed by atoms with Gasteiger partial charge in [-0.2, -0.15) is 5.10 Å². The Hall–Kier alpha value is -4.69. The molecule has 2 aliphatic heterocycles. The van der Waals surface area contributed by atoms with E-state index >= 15 is 0 Å². The summed E-state index contributed by atoms with van der Waals surface area (Å²) in [5.74, 6) is -0.407. The lowest BCUT2D eigenvalue weighted by Gasteiger charge is -2.18. The molecular formula is C34H36N6O2. The molecule has 6 rings (SSSR count). The Balaban J connectivity index is 1.35. The van der Waals surface area contributed by atoms with Crippen molar-refractivity contribution in [3.8, 4) is 0 Å². The summed E-state index contributed by atoms with van der Waals surface area (Å²) in [7, 11) is 1.85. The molecule has 0 spiro atoms. The van der Waals surface area contributed by atoms with E-state index in [1.165, 1.54) is 18.4 Å². The van der Waals surface area contributed by atoms with Crippen LogP contribution in [0.4, 0.5) is 11.4 Å². The van der Waals surface area contributed by atoms with E-state index in [1.54, 1.807) is 29.1 Å². The molecule has 1 atom stereocenters. The summed E-state index contributed by atoms with van der Waals surface area (Å²) < 4.78 is 1.72. The molecule has 1 saturated heterocycles. The van der Waals surface area contributed by atoms with E-state index in [9.17, 15) is 9.59 Å². The number of anilines is 2. The molecule has 2 amide bonds. The first-order valence-electron chi connectivity index (χ1n) is 14.6. The number of amides is 2. The minimum absolute atomic E-state index is 0.109. The van der Waals surface area contributed by atoms with Crippen molar-refractivity contribution >= 4 is 34.5 Å². The van der Waals surface area contributed by atoms with Crippen LogP contribution in [-0.2, 0) is 18.4 Å². The Labute approximate surface area is 246 Å². The van der Waals surface area contributed by atoms with Gasteiger partial charge in [-0.15, -0.1) is 0 Å². The van der Waals surface area contributed by atoms with E-state index < -0.39 is 0 Å². The highest BCUT2D eigenvalue weighted by molar-refractivity contribution is 6.37. The lowest BCUT2D eigenvalue weighted by molar-refractivity contribution is -0.110. The number of benzene rings is 3. The third-order valence-electron chi connectivity index (χ3n) is 7.99. The van der Waals surface area contributed by atoms with Gasteiger partial charge in [0.05, 0.1) is 23.5 Å². The van der Waals surface area contributed by atoms with Crippen LogP contribution in [0.1, 0.15) is 64.8 Å². The summed E-state index contributed by atoms with van der Waals surface area (Å²) >= 11 is 0. The Bertz CT molecular complexity index is 1630. The first-order valence-corrected chi connectivity index (χ1v) is 14.6. The topological polar surface area (TPSA) is 91.3 Å². The molecule has 4 aromatic rings. The number of likely N-dealkylation sites (tertiary alicyclic amines) is 1. The molecule has 2 aliphatic rings.